The molecule has 0 fully saturated rings. The van der Waals surface area contributed by atoms with Crippen molar-refractivity contribution < 1.29 is 19.0 Å². The average Bonchev–Trinajstić information content (AvgIpc) is 3.36. The average molecular weight is 536 g/mol. The second-order valence-electron chi connectivity index (χ2n) is 11.6. The molecular weight excluding hydrogens is 490 g/mol. The van der Waals surface area contributed by atoms with Gasteiger partial charge in [-0.3, -0.25) is 4.79 Å². The Kier molecular flexibility index (Phi) is 9.81. The SMILES string of the molecule is CC(=O)OCC1=C[C@]2(C=C(C)C[C@@H](C=C(C)CCC=C(C)C)O2)O[C@@H]2C=C(C)[C@H](NCCc3cnc[nH]3)C[C@H]12. The maximum Gasteiger partial charge on any atom is 0.302 e. The highest BCUT2D eigenvalue weighted by atomic mass is 16.7. The zero-order valence-corrected chi connectivity index (χ0v) is 24.4. The minimum atomic E-state index is -0.974. The summed E-state index contributed by atoms with van der Waals surface area (Å²) >= 11 is 0. The van der Waals surface area contributed by atoms with E-state index < -0.39 is 5.79 Å². The van der Waals surface area contributed by atoms with Gasteiger partial charge in [0, 0.05) is 43.7 Å². The van der Waals surface area contributed by atoms with Crippen LogP contribution in [-0.2, 0) is 25.4 Å². The van der Waals surface area contributed by atoms with E-state index in [0.717, 1.165) is 49.9 Å². The first kappa shape index (κ1) is 29.2. The van der Waals surface area contributed by atoms with Crippen molar-refractivity contribution in [3.63, 3.8) is 0 Å². The Morgan fingerprint density at radius 1 is 1.23 bits per heavy atom. The fourth-order valence-electron chi connectivity index (χ4n) is 5.79. The number of ether oxygens (including phenoxy) is 3. The van der Waals surface area contributed by atoms with Crippen molar-refractivity contribution in [3.05, 3.63) is 76.5 Å². The first-order chi connectivity index (χ1) is 18.6. The molecule has 2 N–H and O–H groups in total. The second kappa shape index (κ2) is 13.1. The highest BCUT2D eigenvalue weighted by molar-refractivity contribution is 5.66. The fourth-order valence-corrected chi connectivity index (χ4v) is 5.79. The fraction of sp³-hybridized carbons (Fsp3) is 0.562. The van der Waals surface area contributed by atoms with Crippen molar-refractivity contribution in [2.24, 2.45) is 5.92 Å². The Labute approximate surface area is 233 Å². The van der Waals surface area contributed by atoms with Crippen LogP contribution in [0, 0.1) is 5.92 Å². The Hall–Kier alpha value is -2.74. The van der Waals surface area contributed by atoms with Crippen LogP contribution >= 0.6 is 0 Å². The van der Waals surface area contributed by atoms with Crippen molar-refractivity contribution in [2.75, 3.05) is 13.2 Å². The van der Waals surface area contributed by atoms with Crippen molar-refractivity contribution >= 4 is 5.97 Å². The van der Waals surface area contributed by atoms with Crippen molar-refractivity contribution in [1.29, 1.82) is 0 Å². The summed E-state index contributed by atoms with van der Waals surface area (Å²) in [7, 11) is 0. The maximum atomic E-state index is 11.8. The van der Waals surface area contributed by atoms with Gasteiger partial charge in [0.15, 0.2) is 0 Å². The predicted octanol–water partition coefficient (Wildman–Crippen LogP) is 5.89. The van der Waals surface area contributed by atoms with Gasteiger partial charge < -0.3 is 24.5 Å². The minimum Gasteiger partial charge on any atom is -0.461 e. The third-order valence-electron chi connectivity index (χ3n) is 7.70. The summed E-state index contributed by atoms with van der Waals surface area (Å²) in [6.07, 6.45) is 18.9. The van der Waals surface area contributed by atoms with Crippen LogP contribution in [0.5, 0.6) is 0 Å². The molecule has 0 amide bonds. The lowest BCUT2D eigenvalue weighted by Crippen LogP contribution is -2.51. The lowest BCUT2D eigenvalue weighted by molar-refractivity contribution is -0.225. The van der Waals surface area contributed by atoms with E-state index in [-0.39, 0.29) is 36.7 Å². The molecule has 2 aliphatic heterocycles. The molecule has 212 valence electrons. The molecule has 7 heteroatoms. The van der Waals surface area contributed by atoms with Crippen molar-refractivity contribution in [1.82, 2.24) is 15.3 Å². The van der Waals surface area contributed by atoms with Crippen LogP contribution < -0.4 is 5.32 Å². The monoisotopic (exact) mass is 535 g/mol. The zero-order chi connectivity index (χ0) is 28.0. The standard InChI is InChI=1S/C32H45N3O4/c1-21(2)8-7-9-22(3)12-28-13-23(4)16-32(38-28)17-26(19-37-25(6)36)29-15-30(24(5)14-31(29)39-32)34-11-10-27-18-33-20-35-27/h8,12,14,16-18,20,28-31,34H,7,9-11,13,15,19H2,1-6H3,(H,33,35)/t28-,29-,30-,31-,32+/m1/s1. The van der Waals surface area contributed by atoms with E-state index in [1.165, 1.54) is 29.2 Å². The summed E-state index contributed by atoms with van der Waals surface area (Å²) in [6, 6.07) is 0.219. The number of esters is 1. The molecule has 0 saturated carbocycles. The first-order valence-corrected chi connectivity index (χ1v) is 14.2. The third-order valence-corrected chi connectivity index (χ3v) is 7.70. The molecule has 0 unspecified atom stereocenters. The van der Waals surface area contributed by atoms with Gasteiger partial charge in [0.2, 0.25) is 5.79 Å². The largest absolute Gasteiger partial charge is 0.461 e. The molecule has 0 saturated heterocycles. The van der Waals surface area contributed by atoms with Crippen LogP contribution in [0.2, 0.25) is 0 Å². The number of aromatic amines is 1. The highest BCUT2D eigenvalue weighted by Crippen LogP contribution is 2.43. The summed E-state index contributed by atoms with van der Waals surface area (Å²) in [5.74, 6) is -1.16. The van der Waals surface area contributed by atoms with Gasteiger partial charge in [-0.15, -0.1) is 0 Å². The van der Waals surface area contributed by atoms with Crippen LogP contribution in [0.4, 0.5) is 0 Å². The number of H-pyrrole nitrogens is 1. The molecule has 3 aliphatic rings. The summed E-state index contributed by atoms with van der Waals surface area (Å²) < 4.78 is 19.0. The number of carbonyl (C=O) groups excluding carboxylic acids is 1. The molecule has 1 spiro atoms. The quantitative estimate of drug-likeness (QED) is 0.287. The lowest BCUT2D eigenvalue weighted by atomic mass is 9.77. The number of nitrogens with one attached hydrogen (secondary N) is 2. The number of nitrogens with zero attached hydrogens (tertiary/aromatic N) is 1. The number of aromatic nitrogens is 2. The predicted molar refractivity (Wildman–Crippen MR) is 154 cm³/mol. The van der Waals surface area contributed by atoms with Gasteiger partial charge in [-0.1, -0.05) is 40.5 Å². The zero-order valence-electron chi connectivity index (χ0n) is 24.4. The molecule has 39 heavy (non-hydrogen) atoms. The summed E-state index contributed by atoms with van der Waals surface area (Å²) in [6.45, 7) is 13.3. The molecule has 1 aromatic heterocycles. The summed E-state index contributed by atoms with van der Waals surface area (Å²) in [5.41, 5.74) is 7.32. The van der Waals surface area contributed by atoms with Gasteiger partial charge in [-0.2, -0.15) is 0 Å². The normalized spacial score (nSPS) is 28.8. The second-order valence-corrected chi connectivity index (χ2v) is 11.6. The van der Waals surface area contributed by atoms with Gasteiger partial charge in [-0.25, -0.2) is 4.98 Å². The Bertz CT molecular complexity index is 1160. The van der Waals surface area contributed by atoms with Gasteiger partial charge in [0.1, 0.15) is 6.61 Å². The molecule has 7 nitrogen and oxygen atoms in total. The number of allylic oxidation sites excluding steroid dienone is 3. The van der Waals surface area contributed by atoms with Crippen LogP contribution in [-0.4, -0.2) is 53.1 Å². The highest BCUT2D eigenvalue weighted by Gasteiger charge is 2.45. The lowest BCUT2D eigenvalue weighted by Gasteiger charge is -2.47. The number of fused-ring (bicyclic) bond motifs is 1. The molecule has 0 radical (unpaired) electrons. The van der Waals surface area contributed by atoms with E-state index in [2.05, 4.69) is 80.3 Å². The summed E-state index contributed by atoms with van der Waals surface area (Å²) in [4.78, 5) is 19.0. The molecule has 4 rings (SSSR count). The Morgan fingerprint density at radius 2 is 2.05 bits per heavy atom. The van der Waals surface area contributed by atoms with Crippen LogP contribution in [0.25, 0.3) is 0 Å². The topological polar surface area (TPSA) is 85.5 Å². The van der Waals surface area contributed by atoms with Crippen molar-refractivity contribution in [2.45, 2.75) is 97.7 Å². The van der Waals surface area contributed by atoms with Crippen LogP contribution in [0.3, 0.4) is 0 Å². The molecule has 1 aliphatic carbocycles. The summed E-state index contributed by atoms with van der Waals surface area (Å²) in [5, 5.41) is 3.70. The molecule has 0 bridgehead atoms. The van der Waals surface area contributed by atoms with Gasteiger partial charge in [0.05, 0.1) is 18.5 Å². The number of hydrogen-bond donors (Lipinski definition) is 2. The number of rotatable bonds is 10. The van der Waals surface area contributed by atoms with Crippen molar-refractivity contribution in [3.8, 4) is 0 Å². The molecule has 1 aromatic rings. The Morgan fingerprint density at radius 3 is 2.77 bits per heavy atom. The van der Waals surface area contributed by atoms with E-state index >= 15 is 0 Å². The molecule has 0 aromatic carbocycles. The van der Waals surface area contributed by atoms with E-state index in [1.807, 2.05) is 6.20 Å². The molecule has 3 heterocycles. The smallest absolute Gasteiger partial charge is 0.302 e. The Balaban J connectivity index is 1.52. The van der Waals surface area contributed by atoms with Crippen LogP contribution in [0.15, 0.2) is 70.8 Å². The van der Waals surface area contributed by atoms with Gasteiger partial charge >= 0.3 is 5.97 Å². The minimum absolute atomic E-state index is 0.0740. The van der Waals surface area contributed by atoms with Gasteiger partial charge in [-0.05, 0) is 78.0 Å². The molecular formula is C32H45N3O4. The molecule has 5 atom stereocenters. The number of hydrogen-bond acceptors (Lipinski definition) is 6. The number of carbonyl (C=O) groups is 1. The van der Waals surface area contributed by atoms with Crippen LogP contribution in [0.1, 0.15) is 72.9 Å². The van der Waals surface area contributed by atoms with E-state index in [1.54, 1.807) is 6.33 Å². The van der Waals surface area contributed by atoms with E-state index in [0.29, 0.717) is 0 Å². The van der Waals surface area contributed by atoms with E-state index in [4.69, 9.17) is 14.2 Å². The maximum absolute atomic E-state index is 11.8. The number of imidazole rings is 1. The third kappa shape index (κ3) is 8.13. The van der Waals surface area contributed by atoms with Gasteiger partial charge in [0.25, 0.3) is 0 Å². The van der Waals surface area contributed by atoms with E-state index in [9.17, 15) is 4.79 Å². The first-order valence-electron chi connectivity index (χ1n) is 14.2.